The van der Waals surface area contributed by atoms with Gasteiger partial charge >= 0.3 is 0 Å². The molecule has 0 unspecified atom stereocenters. The molecule has 1 heterocycles. The molecule has 3 rings (SSSR count). The Morgan fingerprint density at radius 2 is 1.82 bits per heavy atom. The number of carbonyl (C=O) groups is 2. The summed E-state index contributed by atoms with van der Waals surface area (Å²) in [6.45, 7) is 1.24. The number of rotatable bonds is 10. The molecule has 0 saturated heterocycles. The summed E-state index contributed by atoms with van der Waals surface area (Å²) < 4.78 is 5.79. The Morgan fingerprint density at radius 3 is 2.53 bits per heavy atom. The first-order chi connectivity index (χ1) is 16.3. The Morgan fingerprint density at radius 1 is 1.06 bits per heavy atom. The number of nitrogens with zero attached hydrogens (tertiary/aromatic N) is 2. The van der Waals surface area contributed by atoms with E-state index in [4.69, 9.17) is 4.42 Å². The highest BCUT2D eigenvalue weighted by Crippen LogP contribution is 2.26. The van der Waals surface area contributed by atoms with Crippen molar-refractivity contribution < 1.29 is 18.9 Å². The van der Waals surface area contributed by atoms with Crippen LogP contribution in [-0.2, 0) is 4.79 Å². The van der Waals surface area contributed by atoms with Gasteiger partial charge in [0.05, 0.1) is 4.92 Å². The average Bonchev–Trinajstić information content (AvgIpc) is 3.30. The first-order valence-corrected chi connectivity index (χ1v) is 10.7. The van der Waals surface area contributed by atoms with Crippen molar-refractivity contribution in [2.45, 2.75) is 6.42 Å². The molecule has 1 aromatic heterocycles. The fourth-order valence-corrected chi connectivity index (χ4v) is 3.14. The molecule has 34 heavy (non-hydrogen) atoms. The minimum absolute atomic E-state index is 0.0265. The number of amides is 2. The number of nitrogens with one attached hydrogen (secondary N) is 2. The van der Waals surface area contributed by atoms with Crippen molar-refractivity contribution >= 4 is 23.6 Å². The van der Waals surface area contributed by atoms with E-state index in [2.05, 4.69) is 10.6 Å². The molecule has 9 heteroatoms. The van der Waals surface area contributed by atoms with Crippen molar-refractivity contribution in [1.29, 1.82) is 0 Å². The molecule has 3 aromatic rings. The Kier molecular flexibility index (Phi) is 8.31. The van der Waals surface area contributed by atoms with Crippen molar-refractivity contribution in [3.63, 3.8) is 0 Å². The summed E-state index contributed by atoms with van der Waals surface area (Å²) in [6.07, 6.45) is 2.18. The third kappa shape index (κ3) is 6.88. The topological polar surface area (TPSA) is 118 Å². The Bertz CT molecular complexity index is 1180. The highest BCUT2D eigenvalue weighted by molar-refractivity contribution is 6.05. The fraction of sp³-hybridized carbons (Fsp3) is 0.200. The molecule has 0 fully saturated rings. The monoisotopic (exact) mass is 462 g/mol. The van der Waals surface area contributed by atoms with E-state index in [9.17, 15) is 19.7 Å². The normalized spacial score (nSPS) is 11.3. The summed E-state index contributed by atoms with van der Waals surface area (Å²) in [6, 6.07) is 17.9. The maximum Gasteiger partial charge on any atom is 0.270 e. The van der Waals surface area contributed by atoms with Gasteiger partial charge < -0.3 is 20.0 Å². The zero-order valence-corrected chi connectivity index (χ0v) is 19.0. The maximum absolute atomic E-state index is 12.8. The second kappa shape index (κ2) is 11.6. The lowest BCUT2D eigenvalue weighted by Gasteiger charge is -2.12. The van der Waals surface area contributed by atoms with Gasteiger partial charge in [0.2, 0.25) is 0 Å². The first kappa shape index (κ1) is 24.4. The van der Waals surface area contributed by atoms with E-state index in [1.54, 1.807) is 54.6 Å². The van der Waals surface area contributed by atoms with Crippen molar-refractivity contribution in [3.05, 3.63) is 93.9 Å². The van der Waals surface area contributed by atoms with Gasteiger partial charge in [-0.25, -0.2) is 0 Å². The third-order valence-electron chi connectivity index (χ3n) is 4.85. The quantitative estimate of drug-likeness (QED) is 0.205. The van der Waals surface area contributed by atoms with Crippen LogP contribution in [0.2, 0.25) is 0 Å². The molecule has 176 valence electrons. The van der Waals surface area contributed by atoms with Gasteiger partial charge in [0, 0.05) is 35.9 Å². The molecule has 0 saturated carbocycles. The molecule has 0 spiro atoms. The van der Waals surface area contributed by atoms with E-state index in [1.165, 1.54) is 18.2 Å². The number of hydrogen-bond acceptors (Lipinski definition) is 6. The minimum atomic E-state index is -0.481. The van der Waals surface area contributed by atoms with Gasteiger partial charge in [0.1, 0.15) is 17.2 Å². The summed E-state index contributed by atoms with van der Waals surface area (Å²) in [5, 5.41) is 16.5. The van der Waals surface area contributed by atoms with Crippen molar-refractivity contribution in [3.8, 4) is 11.3 Å². The first-order valence-electron chi connectivity index (χ1n) is 10.7. The van der Waals surface area contributed by atoms with E-state index < -0.39 is 16.7 Å². The van der Waals surface area contributed by atoms with E-state index in [0.29, 0.717) is 29.2 Å². The van der Waals surface area contributed by atoms with E-state index in [-0.39, 0.29) is 11.4 Å². The van der Waals surface area contributed by atoms with Gasteiger partial charge in [-0.15, -0.1) is 0 Å². The van der Waals surface area contributed by atoms with Gasteiger partial charge in [-0.3, -0.25) is 19.7 Å². The summed E-state index contributed by atoms with van der Waals surface area (Å²) in [4.78, 5) is 38.1. The lowest BCUT2D eigenvalue weighted by Crippen LogP contribution is -2.36. The smallest absolute Gasteiger partial charge is 0.270 e. The van der Waals surface area contributed by atoms with Gasteiger partial charge in [-0.1, -0.05) is 30.3 Å². The largest absolute Gasteiger partial charge is 0.457 e. The van der Waals surface area contributed by atoms with Crippen LogP contribution in [0.1, 0.15) is 22.5 Å². The molecule has 2 N–H and O–H groups in total. The summed E-state index contributed by atoms with van der Waals surface area (Å²) in [7, 11) is 3.89. The molecule has 0 bridgehead atoms. The molecule has 0 aliphatic rings. The number of furan rings is 1. The van der Waals surface area contributed by atoms with Crippen LogP contribution in [-0.4, -0.2) is 48.8 Å². The van der Waals surface area contributed by atoms with Crippen LogP contribution in [0.25, 0.3) is 17.4 Å². The van der Waals surface area contributed by atoms with E-state index in [1.807, 2.05) is 19.0 Å². The molecule has 9 nitrogen and oxygen atoms in total. The number of benzene rings is 2. The zero-order chi connectivity index (χ0) is 24.5. The molecule has 0 radical (unpaired) electrons. The Labute approximate surface area is 197 Å². The molecule has 0 aliphatic carbocycles. The standard InChI is InChI=1S/C25H26N4O5/c1-28(2)15-7-14-26-25(31)22(27-24(30)18-8-4-3-5-9-18)17-21-12-13-23(34-21)19-10-6-11-20(16-19)29(32)33/h3-6,8-13,16-17H,7,14-15H2,1-2H3,(H,26,31)(H,27,30)/b22-17+. The van der Waals surface area contributed by atoms with E-state index in [0.717, 1.165) is 13.0 Å². The highest BCUT2D eigenvalue weighted by Gasteiger charge is 2.16. The summed E-state index contributed by atoms with van der Waals surface area (Å²) in [5.74, 6) is -0.166. The van der Waals surface area contributed by atoms with Crippen molar-refractivity contribution in [2.75, 3.05) is 27.2 Å². The van der Waals surface area contributed by atoms with Crippen LogP contribution in [0.5, 0.6) is 0 Å². The molecular formula is C25H26N4O5. The minimum Gasteiger partial charge on any atom is -0.457 e. The molecular weight excluding hydrogens is 436 g/mol. The van der Waals surface area contributed by atoms with Gasteiger partial charge in [-0.2, -0.15) is 0 Å². The van der Waals surface area contributed by atoms with Crippen molar-refractivity contribution in [1.82, 2.24) is 15.5 Å². The number of hydrogen-bond donors (Lipinski definition) is 2. The highest BCUT2D eigenvalue weighted by atomic mass is 16.6. The number of nitro benzene ring substituents is 1. The second-order valence-electron chi connectivity index (χ2n) is 7.80. The lowest BCUT2D eigenvalue weighted by atomic mass is 10.1. The van der Waals surface area contributed by atoms with Gasteiger partial charge in [0.25, 0.3) is 17.5 Å². The predicted octanol–water partition coefficient (Wildman–Crippen LogP) is 3.69. The van der Waals surface area contributed by atoms with Crippen molar-refractivity contribution in [2.24, 2.45) is 0 Å². The van der Waals surface area contributed by atoms with Gasteiger partial charge in [-0.05, 0) is 51.3 Å². The Hall–Kier alpha value is -4.24. The summed E-state index contributed by atoms with van der Waals surface area (Å²) >= 11 is 0. The van der Waals surface area contributed by atoms with Crippen LogP contribution in [0.3, 0.4) is 0 Å². The average molecular weight is 463 g/mol. The molecule has 2 amide bonds. The zero-order valence-electron chi connectivity index (χ0n) is 19.0. The van der Waals surface area contributed by atoms with E-state index >= 15 is 0 Å². The number of nitro groups is 1. The van der Waals surface area contributed by atoms with Gasteiger partial charge in [0.15, 0.2) is 0 Å². The third-order valence-corrected chi connectivity index (χ3v) is 4.85. The Balaban J connectivity index is 1.82. The molecule has 0 aliphatic heterocycles. The SMILES string of the molecule is CN(C)CCCNC(=O)/C(=C\c1ccc(-c2cccc([N+](=O)[O-])c2)o1)NC(=O)c1ccccc1. The predicted molar refractivity (Wildman–Crippen MR) is 129 cm³/mol. The number of non-ortho nitro benzene ring substituents is 1. The second-order valence-corrected chi connectivity index (χ2v) is 7.80. The van der Waals surface area contributed by atoms with Crippen LogP contribution < -0.4 is 10.6 Å². The van der Waals surface area contributed by atoms with Crippen LogP contribution >= 0.6 is 0 Å². The fourth-order valence-electron chi connectivity index (χ4n) is 3.14. The molecule has 2 aromatic carbocycles. The van der Waals surface area contributed by atoms with Crippen LogP contribution in [0.15, 0.2) is 76.8 Å². The maximum atomic E-state index is 12.8. The molecule has 0 atom stereocenters. The van der Waals surface area contributed by atoms with Crippen LogP contribution in [0, 0.1) is 10.1 Å². The number of carbonyl (C=O) groups excluding carboxylic acids is 2. The van der Waals surface area contributed by atoms with Crippen LogP contribution in [0.4, 0.5) is 5.69 Å². The summed E-state index contributed by atoms with van der Waals surface area (Å²) in [5.41, 5.74) is 0.903. The lowest BCUT2D eigenvalue weighted by molar-refractivity contribution is -0.384.